The predicted molar refractivity (Wildman–Crippen MR) is 106 cm³/mol. The monoisotopic (exact) mass is 417 g/mol. The van der Waals surface area contributed by atoms with Gasteiger partial charge in [0.15, 0.2) is 17.6 Å². The van der Waals surface area contributed by atoms with E-state index in [1.165, 1.54) is 0 Å². The third kappa shape index (κ3) is 4.10. The third-order valence-corrected chi connectivity index (χ3v) is 4.95. The Morgan fingerprint density at radius 3 is 2.86 bits per heavy atom. The van der Waals surface area contributed by atoms with Crippen molar-refractivity contribution in [2.24, 2.45) is 0 Å². The highest BCUT2D eigenvalue weighted by atomic mass is 35.5. The van der Waals surface area contributed by atoms with Crippen LogP contribution in [0.5, 0.6) is 17.2 Å². The molecule has 0 radical (unpaired) electrons. The van der Waals surface area contributed by atoms with E-state index in [-0.39, 0.29) is 25.5 Å². The lowest BCUT2D eigenvalue weighted by Crippen LogP contribution is -2.45. The van der Waals surface area contributed by atoms with E-state index in [0.717, 1.165) is 0 Å². The maximum atomic E-state index is 12.5. The van der Waals surface area contributed by atoms with Crippen LogP contribution in [-0.4, -0.2) is 37.7 Å². The van der Waals surface area contributed by atoms with Crippen molar-refractivity contribution < 1.29 is 28.5 Å². The number of rotatable bonds is 5. The zero-order chi connectivity index (χ0) is 20.4. The van der Waals surface area contributed by atoms with E-state index in [1.807, 2.05) is 12.1 Å². The molecule has 4 rings (SSSR count). The smallest absolute Gasteiger partial charge is 0.307 e. The van der Waals surface area contributed by atoms with Gasteiger partial charge in [-0.2, -0.15) is 0 Å². The maximum Gasteiger partial charge on any atom is 0.307 e. The van der Waals surface area contributed by atoms with E-state index in [1.54, 1.807) is 36.1 Å². The molecule has 29 heavy (non-hydrogen) atoms. The summed E-state index contributed by atoms with van der Waals surface area (Å²) in [5.74, 6) is 1.07. The second-order valence-corrected chi connectivity index (χ2v) is 7.14. The molecule has 0 bridgehead atoms. The average molecular weight is 418 g/mol. The Morgan fingerprint density at radius 1 is 1.21 bits per heavy atom. The second kappa shape index (κ2) is 8.21. The molecule has 1 amide bonds. The Hall–Kier alpha value is -2.93. The van der Waals surface area contributed by atoms with Crippen LogP contribution in [0.2, 0.25) is 5.02 Å². The van der Waals surface area contributed by atoms with Gasteiger partial charge in [-0.05, 0) is 36.8 Å². The Labute approximate surface area is 173 Å². The highest BCUT2D eigenvalue weighted by molar-refractivity contribution is 6.32. The molecule has 2 aromatic carbocycles. The van der Waals surface area contributed by atoms with Crippen molar-refractivity contribution >= 4 is 29.2 Å². The summed E-state index contributed by atoms with van der Waals surface area (Å²) >= 11 is 6.20. The van der Waals surface area contributed by atoms with Crippen LogP contribution in [0, 0.1) is 0 Å². The molecule has 2 aromatic rings. The molecule has 0 spiro atoms. The van der Waals surface area contributed by atoms with Crippen molar-refractivity contribution in [3.8, 4) is 17.2 Å². The van der Waals surface area contributed by atoms with Crippen LogP contribution in [0.4, 0.5) is 5.69 Å². The Bertz CT molecular complexity index is 947. The summed E-state index contributed by atoms with van der Waals surface area (Å²) in [6.07, 6.45) is -0.536. The first kappa shape index (κ1) is 19.4. The number of amides is 1. The summed E-state index contributed by atoms with van der Waals surface area (Å²) in [5.41, 5.74) is 1.36. The van der Waals surface area contributed by atoms with Crippen LogP contribution in [-0.2, 0) is 20.9 Å². The summed E-state index contributed by atoms with van der Waals surface area (Å²) in [4.78, 5) is 26.3. The topological polar surface area (TPSA) is 74.3 Å². The first-order chi connectivity index (χ1) is 14.0. The number of nitrogens with zero attached hydrogens (tertiary/aromatic N) is 1. The number of carbonyl (C=O) groups excluding carboxylic acids is 2. The lowest BCUT2D eigenvalue weighted by Gasteiger charge is -2.32. The first-order valence-electron chi connectivity index (χ1n) is 9.33. The Morgan fingerprint density at radius 2 is 2.00 bits per heavy atom. The van der Waals surface area contributed by atoms with E-state index >= 15 is 0 Å². The summed E-state index contributed by atoms with van der Waals surface area (Å²) < 4.78 is 22.0. The zero-order valence-corrected chi connectivity index (χ0v) is 16.6. The van der Waals surface area contributed by atoms with Crippen LogP contribution >= 0.6 is 11.6 Å². The lowest BCUT2D eigenvalue weighted by atomic mass is 10.1. The number of esters is 1. The van der Waals surface area contributed by atoms with Gasteiger partial charge in [0.05, 0.1) is 17.1 Å². The molecule has 1 atom stereocenters. The second-order valence-electron chi connectivity index (χ2n) is 6.73. The Balaban J connectivity index is 1.36. The number of fused-ring (bicyclic) bond motifs is 2. The number of halogens is 1. The number of benzene rings is 2. The number of para-hydroxylation sites is 2. The molecule has 0 aliphatic carbocycles. The molecule has 0 aromatic heterocycles. The average Bonchev–Trinajstić information content (AvgIpc) is 2.72. The van der Waals surface area contributed by atoms with Crippen molar-refractivity contribution in [1.29, 1.82) is 0 Å². The SMILES string of the molecule is CC1Oc2ccccc2N(CCC(=O)OCc2cc(Cl)c3c(c2)OCCO3)C1=O. The van der Waals surface area contributed by atoms with Crippen LogP contribution in [0.1, 0.15) is 18.9 Å². The normalized spacial score (nSPS) is 17.4. The molecular weight excluding hydrogens is 398 g/mol. The van der Waals surface area contributed by atoms with Crippen LogP contribution in [0.15, 0.2) is 36.4 Å². The molecule has 7 nitrogen and oxygen atoms in total. The molecule has 152 valence electrons. The fraction of sp³-hybridized carbons (Fsp3) is 0.333. The first-order valence-corrected chi connectivity index (χ1v) is 9.71. The van der Waals surface area contributed by atoms with Gasteiger partial charge < -0.3 is 23.8 Å². The fourth-order valence-electron chi connectivity index (χ4n) is 3.28. The zero-order valence-electron chi connectivity index (χ0n) is 15.9. The number of ether oxygens (including phenoxy) is 4. The van der Waals surface area contributed by atoms with Crippen molar-refractivity contribution in [1.82, 2.24) is 0 Å². The standard InChI is InChI=1S/C21H20ClNO6/c1-13-21(25)23(16-4-2-3-5-17(16)29-13)7-6-19(24)28-12-14-10-15(22)20-18(11-14)26-8-9-27-20/h2-5,10-11,13H,6-9,12H2,1H3. The minimum absolute atomic E-state index is 0.0548. The van der Waals surface area contributed by atoms with Gasteiger partial charge in [0.2, 0.25) is 0 Å². The van der Waals surface area contributed by atoms with Crippen LogP contribution in [0.25, 0.3) is 0 Å². The minimum atomic E-state index is -0.597. The van der Waals surface area contributed by atoms with E-state index in [2.05, 4.69) is 0 Å². The largest absolute Gasteiger partial charge is 0.486 e. The summed E-state index contributed by atoms with van der Waals surface area (Å²) in [7, 11) is 0. The highest BCUT2D eigenvalue weighted by Gasteiger charge is 2.31. The molecule has 2 aliphatic rings. The van der Waals surface area contributed by atoms with Gasteiger partial charge in [-0.25, -0.2) is 0 Å². The molecule has 0 saturated heterocycles. The summed E-state index contributed by atoms with van der Waals surface area (Å²) in [6, 6.07) is 10.7. The minimum Gasteiger partial charge on any atom is -0.486 e. The van der Waals surface area contributed by atoms with Crippen LogP contribution in [0.3, 0.4) is 0 Å². The number of carbonyl (C=O) groups is 2. The van der Waals surface area contributed by atoms with Crippen molar-refractivity contribution in [3.63, 3.8) is 0 Å². The lowest BCUT2D eigenvalue weighted by molar-refractivity contribution is -0.144. The fourth-order valence-corrected chi connectivity index (χ4v) is 3.56. The van der Waals surface area contributed by atoms with Gasteiger partial charge in [0.1, 0.15) is 25.6 Å². The Kier molecular flexibility index (Phi) is 5.49. The number of anilines is 1. The summed E-state index contributed by atoms with van der Waals surface area (Å²) in [6.45, 7) is 2.85. The molecule has 2 heterocycles. The molecule has 0 N–H and O–H groups in total. The van der Waals surface area contributed by atoms with Gasteiger partial charge in [-0.3, -0.25) is 9.59 Å². The van der Waals surface area contributed by atoms with E-state index in [4.69, 9.17) is 30.5 Å². The van der Waals surface area contributed by atoms with Crippen molar-refractivity contribution in [2.75, 3.05) is 24.7 Å². The third-order valence-electron chi connectivity index (χ3n) is 4.67. The van der Waals surface area contributed by atoms with Gasteiger partial charge in [0.25, 0.3) is 5.91 Å². The quantitative estimate of drug-likeness (QED) is 0.694. The highest BCUT2D eigenvalue weighted by Crippen LogP contribution is 2.38. The van der Waals surface area contributed by atoms with E-state index < -0.39 is 12.1 Å². The molecule has 0 saturated carbocycles. The predicted octanol–water partition coefficient (Wildman–Crippen LogP) is 3.36. The van der Waals surface area contributed by atoms with Gasteiger partial charge >= 0.3 is 5.97 Å². The maximum absolute atomic E-state index is 12.5. The van der Waals surface area contributed by atoms with Crippen molar-refractivity contribution in [3.05, 3.63) is 47.0 Å². The molecular formula is C21H20ClNO6. The van der Waals surface area contributed by atoms with Gasteiger partial charge in [0, 0.05) is 6.54 Å². The molecule has 8 heteroatoms. The number of hydrogen-bond acceptors (Lipinski definition) is 6. The van der Waals surface area contributed by atoms with E-state index in [0.29, 0.717) is 46.7 Å². The molecule has 0 fully saturated rings. The van der Waals surface area contributed by atoms with Gasteiger partial charge in [-0.15, -0.1) is 0 Å². The van der Waals surface area contributed by atoms with Crippen LogP contribution < -0.4 is 19.1 Å². The molecule has 1 unspecified atom stereocenters. The van der Waals surface area contributed by atoms with E-state index in [9.17, 15) is 9.59 Å². The summed E-state index contributed by atoms with van der Waals surface area (Å²) in [5, 5.41) is 0.415. The van der Waals surface area contributed by atoms with Gasteiger partial charge in [-0.1, -0.05) is 23.7 Å². The van der Waals surface area contributed by atoms with Crippen molar-refractivity contribution in [2.45, 2.75) is 26.1 Å². The number of hydrogen-bond donors (Lipinski definition) is 0. The molecule has 2 aliphatic heterocycles.